The van der Waals surface area contributed by atoms with Gasteiger partial charge in [0.15, 0.2) is 0 Å². The van der Waals surface area contributed by atoms with Gasteiger partial charge in [0, 0.05) is 29.6 Å². The van der Waals surface area contributed by atoms with Crippen LogP contribution in [0.3, 0.4) is 0 Å². The van der Waals surface area contributed by atoms with Crippen molar-refractivity contribution in [1.29, 1.82) is 0 Å². The van der Waals surface area contributed by atoms with Crippen LogP contribution < -0.4 is 0 Å². The predicted molar refractivity (Wildman–Crippen MR) is 123 cm³/mol. The zero-order valence-electron chi connectivity index (χ0n) is 19.5. The summed E-state index contributed by atoms with van der Waals surface area (Å²) in [4.78, 5) is 0. The number of fused-ring (bicyclic) bond motifs is 3. The number of rotatable bonds is 4. The Labute approximate surface area is 186 Å². The van der Waals surface area contributed by atoms with Crippen LogP contribution in [0.1, 0.15) is 76.2 Å². The number of aryl methyl sites for hydroxylation is 1. The largest absolute Gasteiger partial charge is 0.393 e. The lowest BCUT2D eigenvalue weighted by Crippen LogP contribution is -2.34. The molecular formula is C26H38N2O3. The van der Waals surface area contributed by atoms with Gasteiger partial charge in [-0.25, -0.2) is 0 Å². The normalized spacial score (nSPS) is 33.8. The molecule has 0 saturated heterocycles. The molecule has 3 aliphatic carbocycles. The lowest BCUT2D eigenvalue weighted by molar-refractivity contribution is 0.0648. The fourth-order valence-electron chi connectivity index (χ4n) is 6.02. The van der Waals surface area contributed by atoms with Crippen LogP contribution in [0.25, 0.3) is 0 Å². The van der Waals surface area contributed by atoms with Crippen LogP contribution in [0.4, 0.5) is 0 Å². The first-order valence-corrected chi connectivity index (χ1v) is 11.7. The fourth-order valence-corrected chi connectivity index (χ4v) is 6.02. The first kappa shape index (κ1) is 22.5. The topological polar surface area (TPSA) is 78.5 Å². The standard InChI is InChI=1S/C26H38N2O3/c1-16-19(13-20(29)14-23(16)30)9-8-18-7-6-10-26(5)21(18)15-22-24(26)17(2)28(27-22)12-11-25(3,4)31/h8-9,20-21,23,29-31H,1,6-7,10-15H2,2-5H3/b18-8+,19-9-/t20-,21+,23+,26+/m1/s1. The van der Waals surface area contributed by atoms with Gasteiger partial charge < -0.3 is 15.3 Å². The van der Waals surface area contributed by atoms with Gasteiger partial charge in [-0.1, -0.05) is 31.2 Å². The molecule has 0 spiro atoms. The number of hydrogen-bond donors (Lipinski definition) is 3. The van der Waals surface area contributed by atoms with Gasteiger partial charge in [-0.2, -0.15) is 5.10 Å². The molecule has 4 atom stereocenters. The average molecular weight is 427 g/mol. The maximum atomic E-state index is 10.1. The molecule has 170 valence electrons. The zero-order chi connectivity index (χ0) is 22.6. The van der Waals surface area contributed by atoms with Crippen LogP contribution in [0, 0.1) is 12.8 Å². The highest BCUT2D eigenvalue weighted by molar-refractivity contribution is 5.46. The molecule has 0 unspecified atom stereocenters. The molecular weight excluding hydrogens is 388 g/mol. The Balaban J connectivity index is 1.59. The number of allylic oxidation sites excluding steroid dienone is 3. The summed E-state index contributed by atoms with van der Waals surface area (Å²) in [6, 6.07) is 0. The summed E-state index contributed by atoms with van der Waals surface area (Å²) in [5, 5.41) is 35.3. The lowest BCUT2D eigenvalue weighted by atomic mass is 9.65. The number of aliphatic hydroxyl groups is 3. The number of nitrogens with zero attached hydrogens (tertiary/aromatic N) is 2. The van der Waals surface area contributed by atoms with Crippen molar-refractivity contribution < 1.29 is 15.3 Å². The molecule has 1 heterocycles. The number of aliphatic hydroxyl groups excluding tert-OH is 2. The molecule has 0 amide bonds. The Kier molecular flexibility index (Phi) is 5.82. The van der Waals surface area contributed by atoms with E-state index in [1.54, 1.807) is 0 Å². The van der Waals surface area contributed by atoms with E-state index in [4.69, 9.17) is 5.10 Å². The zero-order valence-corrected chi connectivity index (χ0v) is 19.5. The van der Waals surface area contributed by atoms with Gasteiger partial charge in [-0.3, -0.25) is 4.68 Å². The molecule has 0 aliphatic heterocycles. The van der Waals surface area contributed by atoms with Gasteiger partial charge in [-0.05, 0) is 76.4 Å². The van der Waals surface area contributed by atoms with E-state index in [0.29, 0.717) is 25.2 Å². The van der Waals surface area contributed by atoms with Gasteiger partial charge in [0.2, 0.25) is 0 Å². The van der Waals surface area contributed by atoms with E-state index in [2.05, 4.69) is 37.3 Å². The molecule has 0 bridgehead atoms. The highest BCUT2D eigenvalue weighted by atomic mass is 16.3. The second kappa shape index (κ2) is 8.02. The van der Waals surface area contributed by atoms with Crippen molar-refractivity contribution in [2.45, 2.75) is 102 Å². The third kappa shape index (κ3) is 4.20. The van der Waals surface area contributed by atoms with E-state index in [0.717, 1.165) is 37.0 Å². The van der Waals surface area contributed by atoms with Crippen molar-refractivity contribution in [3.63, 3.8) is 0 Å². The predicted octanol–water partition coefficient (Wildman–Crippen LogP) is 3.89. The minimum absolute atomic E-state index is 0.0948. The summed E-state index contributed by atoms with van der Waals surface area (Å²) in [5.41, 5.74) is 6.45. The molecule has 3 N–H and O–H groups in total. The van der Waals surface area contributed by atoms with E-state index in [1.807, 2.05) is 13.8 Å². The fraction of sp³-hybridized carbons (Fsp3) is 0.654. The summed E-state index contributed by atoms with van der Waals surface area (Å²) in [5.74, 6) is 0.449. The summed E-state index contributed by atoms with van der Waals surface area (Å²) >= 11 is 0. The Bertz CT molecular complexity index is 933. The van der Waals surface area contributed by atoms with Crippen molar-refractivity contribution in [1.82, 2.24) is 9.78 Å². The molecule has 1 aromatic heterocycles. The smallest absolute Gasteiger partial charge is 0.0811 e. The van der Waals surface area contributed by atoms with E-state index >= 15 is 0 Å². The first-order chi connectivity index (χ1) is 14.5. The Hall–Kier alpha value is -1.69. The van der Waals surface area contributed by atoms with Crippen LogP contribution in [-0.4, -0.2) is 42.9 Å². The minimum Gasteiger partial charge on any atom is -0.393 e. The highest BCUT2D eigenvalue weighted by Crippen LogP contribution is 2.54. The van der Waals surface area contributed by atoms with Crippen LogP contribution in [0.2, 0.25) is 0 Å². The van der Waals surface area contributed by atoms with Crippen molar-refractivity contribution in [2.24, 2.45) is 5.92 Å². The van der Waals surface area contributed by atoms with E-state index in [9.17, 15) is 15.3 Å². The second-order valence-corrected chi connectivity index (χ2v) is 10.8. The molecule has 4 rings (SSSR count). The monoisotopic (exact) mass is 426 g/mol. The highest BCUT2D eigenvalue weighted by Gasteiger charge is 2.49. The molecule has 5 heteroatoms. The second-order valence-electron chi connectivity index (χ2n) is 10.8. The average Bonchev–Trinajstić information content (AvgIpc) is 3.15. The van der Waals surface area contributed by atoms with Gasteiger partial charge >= 0.3 is 0 Å². The molecule has 0 aromatic carbocycles. The van der Waals surface area contributed by atoms with Crippen LogP contribution in [-0.2, 0) is 18.4 Å². The quantitative estimate of drug-likeness (QED) is 0.682. The van der Waals surface area contributed by atoms with Gasteiger partial charge in [0.25, 0.3) is 0 Å². The van der Waals surface area contributed by atoms with Crippen molar-refractivity contribution >= 4 is 0 Å². The molecule has 31 heavy (non-hydrogen) atoms. The summed E-state index contributed by atoms with van der Waals surface area (Å²) in [6.07, 6.45) is 9.18. The molecule has 3 aliphatic rings. The van der Waals surface area contributed by atoms with E-state index < -0.39 is 17.8 Å². The molecule has 5 nitrogen and oxygen atoms in total. The molecule has 0 radical (unpaired) electrons. The van der Waals surface area contributed by atoms with E-state index in [-0.39, 0.29) is 5.41 Å². The first-order valence-electron chi connectivity index (χ1n) is 11.7. The van der Waals surface area contributed by atoms with Gasteiger partial charge in [0.1, 0.15) is 0 Å². The Morgan fingerprint density at radius 1 is 1.26 bits per heavy atom. The third-order valence-electron chi connectivity index (χ3n) is 7.83. The SMILES string of the molecule is C=C1/C(=C\C=C2/CCC[C@]3(C)c4c(nn(CCC(C)(C)O)c4C)C[C@@H]23)C[C@@H](O)C[C@@H]1O. The number of hydrogen-bond acceptors (Lipinski definition) is 4. The van der Waals surface area contributed by atoms with Crippen molar-refractivity contribution in [3.05, 3.63) is 52.4 Å². The van der Waals surface area contributed by atoms with Crippen LogP contribution in [0.15, 0.2) is 35.5 Å². The maximum Gasteiger partial charge on any atom is 0.0811 e. The Morgan fingerprint density at radius 3 is 2.71 bits per heavy atom. The minimum atomic E-state index is -0.687. The summed E-state index contributed by atoms with van der Waals surface area (Å²) in [6.45, 7) is 13.1. The van der Waals surface area contributed by atoms with Gasteiger partial charge in [-0.15, -0.1) is 0 Å². The van der Waals surface area contributed by atoms with Crippen molar-refractivity contribution in [2.75, 3.05) is 0 Å². The van der Waals surface area contributed by atoms with Crippen LogP contribution in [0.5, 0.6) is 0 Å². The van der Waals surface area contributed by atoms with Gasteiger partial charge in [0.05, 0.1) is 23.5 Å². The molecule has 1 aromatic rings. The van der Waals surface area contributed by atoms with E-state index in [1.165, 1.54) is 28.9 Å². The Morgan fingerprint density at radius 2 is 2.00 bits per heavy atom. The summed E-state index contributed by atoms with van der Waals surface area (Å²) < 4.78 is 2.10. The maximum absolute atomic E-state index is 10.1. The van der Waals surface area contributed by atoms with Crippen molar-refractivity contribution in [3.8, 4) is 0 Å². The summed E-state index contributed by atoms with van der Waals surface area (Å²) in [7, 11) is 0. The van der Waals surface area contributed by atoms with Crippen LogP contribution >= 0.6 is 0 Å². The third-order valence-corrected chi connectivity index (χ3v) is 7.83. The number of aromatic nitrogens is 2. The molecule has 2 saturated carbocycles. The molecule has 2 fully saturated rings. The lowest BCUT2D eigenvalue weighted by Gasteiger charge is -2.39.